The van der Waals surface area contributed by atoms with E-state index in [1.807, 2.05) is 24.3 Å². The Kier molecular flexibility index (Phi) is 2.48. The normalized spacial score (nSPS) is 12.0. The van der Waals surface area contributed by atoms with Crippen LogP contribution in [-0.4, -0.2) is 4.92 Å². The fourth-order valence-corrected chi connectivity index (χ4v) is 1.63. The Balaban J connectivity index is 2.64. The maximum absolute atomic E-state index is 10.6. The van der Waals surface area contributed by atoms with Gasteiger partial charge in [0.05, 0.1) is 4.92 Å². The number of nitrogens with zero attached hydrogens (tertiary/aromatic N) is 1. The van der Waals surface area contributed by atoms with Gasteiger partial charge in [0, 0.05) is 23.9 Å². The second-order valence-electron chi connectivity index (χ2n) is 3.61. The summed E-state index contributed by atoms with van der Waals surface area (Å²) in [5.74, 6) is 0.697. The molecule has 2 aromatic rings. The number of rotatable bonds is 2. The Morgan fingerprint density at radius 3 is 2.81 bits per heavy atom. The zero-order chi connectivity index (χ0) is 11.7. The van der Waals surface area contributed by atoms with Crippen molar-refractivity contribution in [2.24, 2.45) is 0 Å². The lowest BCUT2D eigenvalue weighted by molar-refractivity contribution is -0.422. The SMILES string of the molecule is C/C(=C/c1c(C)oc2ccccc12)[N+](=O)[O-]. The zero-order valence-electron chi connectivity index (χ0n) is 9.06. The lowest BCUT2D eigenvalue weighted by Crippen LogP contribution is -1.93. The van der Waals surface area contributed by atoms with Crippen molar-refractivity contribution in [3.63, 3.8) is 0 Å². The molecule has 0 amide bonds. The number of fused-ring (bicyclic) bond motifs is 1. The summed E-state index contributed by atoms with van der Waals surface area (Å²) in [6, 6.07) is 7.50. The molecule has 82 valence electrons. The van der Waals surface area contributed by atoms with Crippen molar-refractivity contribution in [2.45, 2.75) is 13.8 Å². The Hall–Kier alpha value is -2.10. The molecule has 16 heavy (non-hydrogen) atoms. The van der Waals surface area contributed by atoms with Gasteiger partial charge < -0.3 is 4.42 Å². The molecule has 0 fully saturated rings. The summed E-state index contributed by atoms with van der Waals surface area (Å²) in [6.07, 6.45) is 1.54. The van der Waals surface area contributed by atoms with E-state index in [2.05, 4.69) is 0 Å². The fraction of sp³-hybridized carbons (Fsp3) is 0.167. The summed E-state index contributed by atoms with van der Waals surface area (Å²) in [4.78, 5) is 10.2. The highest BCUT2D eigenvalue weighted by Crippen LogP contribution is 2.27. The molecule has 0 saturated carbocycles. The van der Waals surface area contributed by atoms with Crippen LogP contribution in [0.25, 0.3) is 17.0 Å². The Morgan fingerprint density at radius 1 is 1.44 bits per heavy atom. The first-order chi connectivity index (χ1) is 7.59. The molecule has 1 heterocycles. The van der Waals surface area contributed by atoms with Gasteiger partial charge >= 0.3 is 0 Å². The number of para-hydroxylation sites is 1. The average molecular weight is 217 g/mol. The molecule has 0 bridgehead atoms. The molecule has 4 nitrogen and oxygen atoms in total. The molecular formula is C12H11NO3. The van der Waals surface area contributed by atoms with Crippen LogP contribution in [0.5, 0.6) is 0 Å². The van der Waals surface area contributed by atoms with Crippen molar-refractivity contribution in [3.8, 4) is 0 Å². The van der Waals surface area contributed by atoms with Crippen LogP contribution in [0.1, 0.15) is 18.2 Å². The molecule has 0 atom stereocenters. The van der Waals surface area contributed by atoms with E-state index in [0.717, 1.165) is 16.5 Å². The Morgan fingerprint density at radius 2 is 2.12 bits per heavy atom. The van der Waals surface area contributed by atoms with Crippen LogP contribution in [0.15, 0.2) is 34.4 Å². The van der Waals surface area contributed by atoms with Crippen LogP contribution in [-0.2, 0) is 0 Å². The van der Waals surface area contributed by atoms with Crippen LogP contribution in [0.2, 0.25) is 0 Å². The van der Waals surface area contributed by atoms with E-state index in [-0.39, 0.29) is 5.70 Å². The highest BCUT2D eigenvalue weighted by molar-refractivity contribution is 5.88. The molecule has 0 spiro atoms. The fourth-order valence-electron chi connectivity index (χ4n) is 1.63. The molecule has 0 radical (unpaired) electrons. The second kappa shape index (κ2) is 3.81. The molecular weight excluding hydrogens is 206 g/mol. The van der Waals surface area contributed by atoms with Crippen LogP contribution in [0.3, 0.4) is 0 Å². The monoisotopic (exact) mass is 217 g/mol. The molecule has 0 aliphatic rings. The topological polar surface area (TPSA) is 56.3 Å². The van der Waals surface area contributed by atoms with Crippen molar-refractivity contribution >= 4 is 17.0 Å². The summed E-state index contributed by atoms with van der Waals surface area (Å²) in [7, 11) is 0. The minimum Gasteiger partial charge on any atom is -0.461 e. The van der Waals surface area contributed by atoms with Gasteiger partial charge in [-0.2, -0.15) is 0 Å². The van der Waals surface area contributed by atoms with Gasteiger partial charge in [-0.25, -0.2) is 0 Å². The highest BCUT2D eigenvalue weighted by atomic mass is 16.6. The summed E-state index contributed by atoms with van der Waals surface area (Å²) in [6.45, 7) is 3.28. The molecule has 4 heteroatoms. The van der Waals surface area contributed by atoms with E-state index in [9.17, 15) is 10.1 Å². The summed E-state index contributed by atoms with van der Waals surface area (Å²) in [5, 5.41) is 11.5. The third-order valence-corrected chi connectivity index (χ3v) is 2.46. The summed E-state index contributed by atoms with van der Waals surface area (Å²) in [5.41, 5.74) is 1.64. The molecule has 0 saturated heterocycles. The molecule has 0 N–H and O–H groups in total. The number of aryl methyl sites for hydroxylation is 1. The first kappa shape index (κ1) is 10.4. The van der Waals surface area contributed by atoms with Gasteiger partial charge in [-0.3, -0.25) is 10.1 Å². The molecule has 0 aliphatic carbocycles. The first-order valence-electron chi connectivity index (χ1n) is 4.90. The number of furan rings is 1. The maximum Gasteiger partial charge on any atom is 0.243 e. The smallest absolute Gasteiger partial charge is 0.243 e. The third-order valence-electron chi connectivity index (χ3n) is 2.46. The summed E-state index contributed by atoms with van der Waals surface area (Å²) < 4.78 is 5.51. The van der Waals surface area contributed by atoms with Gasteiger partial charge in [0.25, 0.3) is 0 Å². The predicted molar refractivity (Wildman–Crippen MR) is 61.6 cm³/mol. The minimum absolute atomic E-state index is 0.106. The molecule has 0 unspecified atom stereocenters. The van der Waals surface area contributed by atoms with Crippen LogP contribution < -0.4 is 0 Å². The van der Waals surface area contributed by atoms with Crippen LogP contribution in [0.4, 0.5) is 0 Å². The maximum atomic E-state index is 10.6. The van der Waals surface area contributed by atoms with Gasteiger partial charge in [-0.15, -0.1) is 0 Å². The molecule has 2 rings (SSSR count). The van der Waals surface area contributed by atoms with Crippen molar-refractivity contribution < 1.29 is 9.34 Å². The van der Waals surface area contributed by atoms with E-state index in [0.29, 0.717) is 5.76 Å². The number of hydrogen-bond donors (Lipinski definition) is 0. The van der Waals surface area contributed by atoms with Crippen molar-refractivity contribution in [1.82, 2.24) is 0 Å². The van der Waals surface area contributed by atoms with Gasteiger partial charge in [-0.05, 0) is 13.0 Å². The van der Waals surface area contributed by atoms with Crippen molar-refractivity contribution in [1.29, 1.82) is 0 Å². The number of nitro groups is 1. The predicted octanol–water partition coefficient (Wildman–Crippen LogP) is 3.38. The molecule has 1 aromatic heterocycles. The number of hydrogen-bond acceptors (Lipinski definition) is 3. The lowest BCUT2D eigenvalue weighted by atomic mass is 10.1. The van der Waals surface area contributed by atoms with Crippen molar-refractivity contribution in [2.75, 3.05) is 0 Å². The van der Waals surface area contributed by atoms with Crippen LogP contribution >= 0.6 is 0 Å². The molecule has 0 aliphatic heterocycles. The van der Waals surface area contributed by atoms with E-state index >= 15 is 0 Å². The quantitative estimate of drug-likeness (QED) is 0.572. The lowest BCUT2D eigenvalue weighted by Gasteiger charge is -1.92. The van der Waals surface area contributed by atoms with E-state index in [1.54, 1.807) is 13.0 Å². The van der Waals surface area contributed by atoms with Gasteiger partial charge in [0.1, 0.15) is 11.3 Å². The van der Waals surface area contributed by atoms with Crippen molar-refractivity contribution in [3.05, 3.63) is 51.4 Å². The number of benzene rings is 1. The molecule has 1 aromatic carbocycles. The second-order valence-corrected chi connectivity index (χ2v) is 3.61. The van der Waals surface area contributed by atoms with Gasteiger partial charge in [0.15, 0.2) is 0 Å². The third kappa shape index (κ3) is 1.69. The van der Waals surface area contributed by atoms with Crippen LogP contribution in [0, 0.1) is 17.0 Å². The Bertz CT molecular complexity index is 581. The zero-order valence-corrected chi connectivity index (χ0v) is 9.06. The highest BCUT2D eigenvalue weighted by Gasteiger charge is 2.11. The summed E-state index contributed by atoms with van der Waals surface area (Å²) >= 11 is 0. The standard InChI is InChI=1S/C12H11NO3/c1-8(13(14)15)7-11-9(2)16-12-6-4-3-5-10(11)12/h3-7H,1-2H3/b8-7-. The largest absolute Gasteiger partial charge is 0.461 e. The number of allylic oxidation sites excluding steroid dienone is 1. The van der Waals surface area contributed by atoms with E-state index in [1.165, 1.54) is 6.92 Å². The first-order valence-corrected chi connectivity index (χ1v) is 4.90. The van der Waals surface area contributed by atoms with Gasteiger partial charge in [-0.1, -0.05) is 18.2 Å². The van der Waals surface area contributed by atoms with Gasteiger partial charge in [0.2, 0.25) is 5.70 Å². The van der Waals surface area contributed by atoms with E-state index in [4.69, 9.17) is 4.42 Å². The average Bonchev–Trinajstić information content (AvgIpc) is 2.55. The van der Waals surface area contributed by atoms with E-state index < -0.39 is 4.92 Å². The Labute approximate surface area is 92.3 Å². The minimum atomic E-state index is -0.402.